The highest BCUT2D eigenvalue weighted by Crippen LogP contribution is 2.47. The van der Waals surface area contributed by atoms with E-state index in [1.165, 1.54) is 0 Å². The first-order valence-corrected chi connectivity index (χ1v) is 11.4. The molecule has 2 unspecified atom stereocenters. The maximum atomic E-state index is 13.0. The van der Waals surface area contributed by atoms with Crippen LogP contribution in [0.1, 0.15) is 43.2 Å². The molecular formula is C24H26BrNO5. The number of piperidine rings is 2. The summed E-state index contributed by atoms with van der Waals surface area (Å²) < 4.78 is 12.6. The number of amides is 1. The van der Waals surface area contributed by atoms with Gasteiger partial charge in [-0.3, -0.25) is 0 Å². The molecule has 0 aromatic heterocycles. The molecule has 164 valence electrons. The lowest BCUT2D eigenvalue weighted by atomic mass is 9.72. The highest BCUT2D eigenvalue weighted by Gasteiger charge is 2.50. The summed E-state index contributed by atoms with van der Waals surface area (Å²) in [5, 5.41) is 9.25. The van der Waals surface area contributed by atoms with Gasteiger partial charge < -0.3 is 19.5 Å². The Morgan fingerprint density at radius 2 is 1.68 bits per heavy atom. The van der Waals surface area contributed by atoms with E-state index in [1.807, 2.05) is 59.5 Å². The zero-order chi connectivity index (χ0) is 21.8. The van der Waals surface area contributed by atoms with E-state index in [0.717, 1.165) is 34.9 Å². The molecule has 6 nitrogen and oxygen atoms in total. The van der Waals surface area contributed by atoms with Gasteiger partial charge in [0.15, 0.2) is 0 Å². The van der Waals surface area contributed by atoms with Gasteiger partial charge >= 0.3 is 12.1 Å². The van der Waals surface area contributed by atoms with Gasteiger partial charge in [-0.25, -0.2) is 9.59 Å². The highest BCUT2D eigenvalue weighted by molar-refractivity contribution is 9.10. The van der Waals surface area contributed by atoms with Crippen LogP contribution in [0.25, 0.3) is 0 Å². The quantitative estimate of drug-likeness (QED) is 0.613. The van der Waals surface area contributed by atoms with Crippen LogP contribution in [0.5, 0.6) is 0 Å². The lowest BCUT2D eigenvalue weighted by Crippen LogP contribution is -2.59. The molecule has 0 spiro atoms. The molecule has 2 aromatic carbocycles. The third-order valence-corrected chi connectivity index (χ3v) is 6.78. The summed E-state index contributed by atoms with van der Waals surface area (Å²) in [6, 6.07) is 17.4. The number of carboxylic acid groups (broad SMARTS) is 1. The molecule has 2 bridgehead atoms. The van der Waals surface area contributed by atoms with Gasteiger partial charge in [-0.2, -0.15) is 0 Å². The van der Waals surface area contributed by atoms with E-state index in [2.05, 4.69) is 15.9 Å². The Balaban J connectivity index is 1.54. The second kappa shape index (κ2) is 9.40. The average Bonchev–Trinajstić information content (AvgIpc) is 2.76. The Morgan fingerprint density at radius 3 is 2.29 bits per heavy atom. The third-order valence-electron chi connectivity index (χ3n) is 6.25. The van der Waals surface area contributed by atoms with Gasteiger partial charge in [0.05, 0.1) is 5.60 Å². The number of halogens is 1. The van der Waals surface area contributed by atoms with Crippen molar-refractivity contribution in [3.05, 3.63) is 70.2 Å². The highest BCUT2D eigenvalue weighted by atomic mass is 79.9. The Morgan fingerprint density at radius 1 is 1.03 bits per heavy atom. The molecule has 2 saturated heterocycles. The lowest BCUT2D eigenvalue weighted by Gasteiger charge is -2.53. The summed E-state index contributed by atoms with van der Waals surface area (Å²) in [5.41, 5.74) is 1.17. The van der Waals surface area contributed by atoms with Crippen LogP contribution < -0.4 is 0 Å². The van der Waals surface area contributed by atoms with Crippen LogP contribution >= 0.6 is 15.9 Å². The van der Waals surface area contributed by atoms with Crippen LogP contribution in [0.3, 0.4) is 0 Å². The van der Waals surface area contributed by atoms with Crippen LogP contribution in [0.2, 0.25) is 0 Å². The fourth-order valence-electron chi connectivity index (χ4n) is 4.89. The zero-order valence-corrected chi connectivity index (χ0v) is 18.8. The molecule has 0 radical (unpaired) electrons. The van der Waals surface area contributed by atoms with Crippen molar-refractivity contribution in [3.63, 3.8) is 0 Å². The van der Waals surface area contributed by atoms with Gasteiger partial charge in [-0.15, -0.1) is 0 Å². The number of rotatable bonds is 6. The van der Waals surface area contributed by atoms with E-state index >= 15 is 0 Å². The summed E-state index contributed by atoms with van der Waals surface area (Å²) in [7, 11) is 0. The summed E-state index contributed by atoms with van der Waals surface area (Å²) in [5.74, 6) is -0.994. The molecule has 0 saturated carbocycles. The van der Waals surface area contributed by atoms with Gasteiger partial charge in [0, 0.05) is 29.4 Å². The summed E-state index contributed by atoms with van der Waals surface area (Å²) in [4.78, 5) is 26.2. The standard InChI is InChI=1S/C24H26BrNO5/c25-19-11-9-18(10-12-19)24(31-16-22(27)28)13-20-7-4-8-21(14-24)26(20)23(29)30-15-17-5-2-1-3-6-17/h1-3,5-6,9-12,20-21H,4,7-8,13-16H2,(H,27,28). The number of hydrogen-bond donors (Lipinski definition) is 1. The summed E-state index contributed by atoms with van der Waals surface area (Å²) in [6.07, 6.45) is 3.54. The minimum absolute atomic E-state index is 0.0479. The number of hydrogen-bond acceptors (Lipinski definition) is 4. The molecule has 2 atom stereocenters. The predicted molar refractivity (Wildman–Crippen MR) is 119 cm³/mol. The van der Waals surface area contributed by atoms with Gasteiger partial charge in [0.2, 0.25) is 0 Å². The Hall–Kier alpha value is -2.38. The summed E-state index contributed by atoms with van der Waals surface area (Å²) in [6.45, 7) is -0.128. The van der Waals surface area contributed by atoms with Crippen molar-refractivity contribution in [3.8, 4) is 0 Å². The Bertz CT molecular complexity index is 903. The molecule has 2 fully saturated rings. The Labute approximate surface area is 190 Å². The van der Waals surface area contributed by atoms with Crippen molar-refractivity contribution >= 4 is 28.0 Å². The predicted octanol–water partition coefficient (Wildman–Crippen LogP) is 5.10. The largest absolute Gasteiger partial charge is 0.480 e. The van der Waals surface area contributed by atoms with Gasteiger partial charge in [0.1, 0.15) is 13.2 Å². The van der Waals surface area contributed by atoms with E-state index < -0.39 is 11.6 Å². The molecule has 1 N–H and O–H groups in total. The van der Waals surface area contributed by atoms with Crippen molar-refractivity contribution in [2.75, 3.05) is 6.61 Å². The number of ether oxygens (including phenoxy) is 2. The molecule has 2 aromatic rings. The van der Waals surface area contributed by atoms with Crippen LogP contribution in [0.4, 0.5) is 4.79 Å². The Kier molecular flexibility index (Phi) is 6.62. The van der Waals surface area contributed by atoms with Gasteiger partial charge in [-0.05, 0) is 42.5 Å². The van der Waals surface area contributed by atoms with Crippen LogP contribution in [0.15, 0.2) is 59.1 Å². The van der Waals surface area contributed by atoms with Crippen LogP contribution in [0, 0.1) is 0 Å². The topological polar surface area (TPSA) is 76.1 Å². The minimum atomic E-state index is -0.994. The van der Waals surface area contributed by atoms with Gasteiger partial charge in [0.25, 0.3) is 0 Å². The number of nitrogens with zero attached hydrogens (tertiary/aromatic N) is 1. The zero-order valence-electron chi connectivity index (χ0n) is 17.2. The molecule has 7 heteroatoms. The molecule has 31 heavy (non-hydrogen) atoms. The fourth-order valence-corrected chi connectivity index (χ4v) is 5.16. The maximum Gasteiger partial charge on any atom is 0.410 e. The number of carbonyl (C=O) groups is 2. The first-order chi connectivity index (χ1) is 15.0. The first kappa shape index (κ1) is 21.8. The molecule has 2 aliphatic rings. The monoisotopic (exact) mass is 487 g/mol. The van der Waals surface area contributed by atoms with E-state index in [1.54, 1.807) is 0 Å². The minimum Gasteiger partial charge on any atom is -0.480 e. The van der Waals surface area contributed by atoms with E-state index in [-0.39, 0.29) is 31.4 Å². The van der Waals surface area contributed by atoms with Crippen LogP contribution in [-0.4, -0.2) is 40.8 Å². The molecule has 2 aliphatic heterocycles. The van der Waals surface area contributed by atoms with Crippen LogP contribution in [-0.2, 0) is 26.5 Å². The van der Waals surface area contributed by atoms with E-state index in [0.29, 0.717) is 12.8 Å². The molecule has 2 heterocycles. The van der Waals surface area contributed by atoms with E-state index in [9.17, 15) is 14.7 Å². The normalized spacial score (nSPS) is 25.1. The molecule has 4 rings (SSSR count). The average molecular weight is 488 g/mol. The molecule has 1 amide bonds. The SMILES string of the molecule is O=C(O)COC1(c2ccc(Br)cc2)CC2CCCC(C1)N2C(=O)OCc1ccccc1. The molecule has 0 aliphatic carbocycles. The van der Waals surface area contributed by atoms with Crippen molar-refractivity contribution in [1.82, 2.24) is 4.90 Å². The van der Waals surface area contributed by atoms with Crippen molar-refractivity contribution < 1.29 is 24.2 Å². The number of benzene rings is 2. The second-order valence-electron chi connectivity index (χ2n) is 8.28. The van der Waals surface area contributed by atoms with E-state index in [4.69, 9.17) is 9.47 Å². The van der Waals surface area contributed by atoms with Crippen molar-refractivity contribution in [1.29, 1.82) is 0 Å². The van der Waals surface area contributed by atoms with Crippen molar-refractivity contribution in [2.45, 2.75) is 56.4 Å². The summed E-state index contributed by atoms with van der Waals surface area (Å²) >= 11 is 3.46. The van der Waals surface area contributed by atoms with Gasteiger partial charge in [-0.1, -0.05) is 58.4 Å². The second-order valence-corrected chi connectivity index (χ2v) is 9.19. The molecular weight excluding hydrogens is 462 g/mol. The first-order valence-electron chi connectivity index (χ1n) is 10.6. The maximum absolute atomic E-state index is 13.0. The smallest absolute Gasteiger partial charge is 0.410 e. The third kappa shape index (κ3) is 4.93. The number of aliphatic carboxylic acids is 1. The fraction of sp³-hybridized carbons (Fsp3) is 0.417. The number of carbonyl (C=O) groups excluding carboxylic acids is 1. The lowest BCUT2D eigenvalue weighted by molar-refractivity contribution is -0.163. The number of fused-ring (bicyclic) bond motifs is 2. The van der Waals surface area contributed by atoms with Crippen molar-refractivity contribution in [2.24, 2.45) is 0 Å². The number of carboxylic acids is 1.